The summed E-state index contributed by atoms with van der Waals surface area (Å²) < 4.78 is 26.9. The molecule has 0 bridgehead atoms. The van der Waals surface area contributed by atoms with Gasteiger partial charge in [0.1, 0.15) is 12.0 Å². The van der Waals surface area contributed by atoms with Crippen molar-refractivity contribution >= 4 is 102 Å². The molecule has 12 aromatic rings. The van der Waals surface area contributed by atoms with Gasteiger partial charge in [0.25, 0.3) is 0 Å². The highest BCUT2D eigenvalue weighted by Gasteiger charge is 2.32. The topological polar surface area (TPSA) is 217 Å². The number of methoxy groups -OCH3 is 1. The molecule has 1 amide bonds. The molecule has 16 rings (SSSR count). The summed E-state index contributed by atoms with van der Waals surface area (Å²) in [5, 5.41) is 0. The molecule has 12 heterocycles. The van der Waals surface area contributed by atoms with E-state index < -0.39 is 6.17 Å². The van der Waals surface area contributed by atoms with E-state index >= 15 is 0 Å². The van der Waals surface area contributed by atoms with Crippen molar-refractivity contribution in [3.63, 3.8) is 0 Å². The van der Waals surface area contributed by atoms with Crippen LogP contribution in [0.4, 0.5) is 27.1 Å². The van der Waals surface area contributed by atoms with Crippen LogP contribution in [0, 0.1) is 74.8 Å². The van der Waals surface area contributed by atoms with Crippen LogP contribution in [0.15, 0.2) is 140 Å². The van der Waals surface area contributed by atoms with E-state index in [4.69, 9.17) is 41.0 Å². The molecule has 1 unspecified atom stereocenters. The monoisotopic (exact) mass is 1760 g/mol. The highest BCUT2D eigenvalue weighted by Crippen LogP contribution is 2.37. The van der Waals surface area contributed by atoms with E-state index in [1.165, 1.54) is 32.1 Å². The van der Waals surface area contributed by atoms with Gasteiger partial charge in [-0.15, -0.1) is 0 Å². The van der Waals surface area contributed by atoms with Gasteiger partial charge in [-0.1, -0.05) is 67.8 Å². The minimum absolute atomic E-state index is 0.0117. The van der Waals surface area contributed by atoms with Crippen molar-refractivity contribution in [1.82, 2.24) is 62.7 Å². The molecule has 24 nitrogen and oxygen atoms in total. The fourth-order valence-corrected chi connectivity index (χ4v) is 18.7. The van der Waals surface area contributed by atoms with Crippen LogP contribution in [0.3, 0.4) is 0 Å². The number of amides is 1. The molecule has 678 valence electrons. The number of hydrogen-bond donors (Lipinski definition) is 0. The number of hydrogen-bond acceptors (Lipinski definition) is 15. The number of ketones is 5. The maximum absolute atomic E-state index is 13.7. The summed E-state index contributed by atoms with van der Waals surface area (Å²) in [5.41, 5.74) is 23.3. The Labute approximate surface area is 768 Å². The van der Waals surface area contributed by atoms with Gasteiger partial charge in [0.15, 0.2) is 45.9 Å². The van der Waals surface area contributed by atoms with Gasteiger partial charge in [-0.25, -0.2) is 23.8 Å². The number of rotatable bonds is 28. The molecule has 25 heteroatoms. The Bertz CT molecular complexity index is 6320. The average molecular weight is 1760 g/mol. The van der Waals surface area contributed by atoms with Gasteiger partial charge in [0, 0.05) is 122 Å². The van der Waals surface area contributed by atoms with Crippen LogP contribution in [0.1, 0.15) is 209 Å². The third-order valence-corrected chi connectivity index (χ3v) is 26.0. The Morgan fingerprint density at radius 3 is 1.10 bits per heavy atom. The number of aromatic nitrogens is 8. The number of carbonyl (C=O) groups excluding carboxylic acids is 6. The maximum Gasteiger partial charge on any atom is 0.222 e. The number of alkyl halides is 1. The van der Waals surface area contributed by atoms with E-state index in [-0.39, 0.29) is 47.5 Å². The second-order valence-corrected chi connectivity index (χ2v) is 35.1. The van der Waals surface area contributed by atoms with Crippen molar-refractivity contribution < 1.29 is 37.9 Å². The zero-order valence-corrected chi connectivity index (χ0v) is 77.7. The number of nitrogens with zero attached hydrogens (tertiary/aromatic N) is 17. The third kappa shape index (κ3) is 22.8. The SMILES string of the molecule is [C-]#[N+]c1ccc(-n2c(C)c(C(=O)CN3CCC(F)CC3)c3ncc(C)cc32)cc1.[C-]#[N+]c1ccc(-n2c(C)c(C(=O)CN3CCCCC3)c3nc(C)c(CCC(=O)N(CC)CC)cc32)cc1.[C-]#[N+]c1ccc(-n2c(C)c(C(=O)CN3CCCCC3)c3ncc(C)cc32)cc1.[C-]#[N+]c1ccc(-n2c(C)c(C(=O)CN3CCCCC3)c3ncc(CCC(=O)CCC(C)OC)cc32)cc1. The van der Waals surface area contributed by atoms with Crippen LogP contribution < -0.4 is 0 Å². The van der Waals surface area contributed by atoms with Gasteiger partial charge in [-0.05, 0) is 274 Å². The average Bonchev–Trinajstić information content (AvgIpc) is 1.62. The van der Waals surface area contributed by atoms with E-state index in [1.54, 1.807) is 55.9 Å². The molecular formula is C106H120FN17O7. The lowest BCUT2D eigenvalue weighted by molar-refractivity contribution is -0.130. The Morgan fingerprint density at radius 2 is 0.756 bits per heavy atom. The predicted molar refractivity (Wildman–Crippen MR) is 517 cm³/mol. The first kappa shape index (κ1) is 95.7. The molecule has 4 aliphatic rings. The van der Waals surface area contributed by atoms with Crippen LogP contribution in [-0.2, 0) is 27.2 Å². The fourth-order valence-electron chi connectivity index (χ4n) is 18.7. The minimum atomic E-state index is -0.756. The third-order valence-electron chi connectivity index (χ3n) is 26.0. The predicted octanol–water partition coefficient (Wildman–Crippen LogP) is 21.2. The quantitative estimate of drug-likeness (QED) is 0.0329. The molecule has 4 aliphatic heterocycles. The number of aryl methyl sites for hydroxylation is 5. The van der Waals surface area contributed by atoms with E-state index in [1.807, 2.05) is 157 Å². The second-order valence-electron chi connectivity index (χ2n) is 35.1. The summed E-state index contributed by atoms with van der Waals surface area (Å²) in [5.74, 6) is 0.682. The van der Waals surface area contributed by atoms with Crippen molar-refractivity contribution in [2.75, 3.05) is 98.7 Å². The first-order valence-corrected chi connectivity index (χ1v) is 46.2. The Hall–Kier alpha value is -12.9. The maximum atomic E-state index is 13.7. The van der Waals surface area contributed by atoms with E-state index in [9.17, 15) is 33.2 Å². The van der Waals surface area contributed by atoms with Gasteiger partial charge in [-0.2, -0.15) is 0 Å². The zero-order chi connectivity index (χ0) is 93.1. The smallest absolute Gasteiger partial charge is 0.222 e. The Balaban J connectivity index is 0.000000150. The van der Waals surface area contributed by atoms with Crippen LogP contribution in [0.2, 0.25) is 0 Å². The summed E-state index contributed by atoms with van der Waals surface area (Å²) >= 11 is 0. The molecule has 1 atom stereocenters. The highest BCUT2D eigenvalue weighted by molar-refractivity contribution is 6.12. The highest BCUT2D eigenvalue weighted by atomic mass is 19.1. The van der Waals surface area contributed by atoms with Crippen molar-refractivity contribution in [2.45, 2.75) is 191 Å². The zero-order valence-electron chi connectivity index (χ0n) is 77.7. The molecule has 4 saturated heterocycles. The van der Waals surface area contributed by atoms with Gasteiger partial charge in [-0.3, -0.25) is 68.3 Å². The van der Waals surface area contributed by atoms with Crippen LogP contribution in [0.5, 0.6) is 0 Å². The molecule has 131 heavy (non-hydrogen) atoms. The van der Waals surface area contributed by atoms with E-state index in [2.05, 4.69) is 75.9 Å². The summed E-state index contributed by atoms with van der Waals surface area (Å²) in [6.07, 6.45) is 19.6. The number of pyridine rings is 4. The van der Waals surface area contributed by atoms with Crippen LogP contribution >= 0.6 is 0 Å². The summed E-state index contributed by atoms with van der Waals surface area (Å²) in [6, 6.07) is 37.9. The molecule has 0 radical (unpaired) electrons. The van der Waals surface area contributed by atoms with Gasteiger partial charge < -0.3 is 27.9 Å². The molecule has 0 spiro atoms. The number of halogens is 1. The number of benzene rings is 4. The van der Waals surface area contributed by atoms with Crippen LogP contribution in [-0.4, -0.2) is 209 Å². The van der Waals surface area contributed by atoms with Gasteiger partial charge in [0.05, 0.1) is 125 Å². The number of piperidine rings is 4. The van der Waals surface area contributed by atoms with Gasteiger partial charge in [0.2, 0.25) is 5.91 Å². The Morgan fingerprint density at radius 1 is 0.427 bits per heavy atom. The summed E-state index contributed by atoms with van der Waals surface area (Å²) in [4.78, 5) is 122. The molecule has 0 N–H and O–H groups in total. The minimum Gasteiger partial charge on any atom is -0.382 e. The van der Waals surface area contributed by atoms with Crippen molar-refractivity contribution in [3.8, 4) is 22.7 Å². The normalized spacial score (nSPS) is 14.8. The molecule has 4 aromatic carbocycles. The first-order valence-electron chi connectivity index (χ1n) is 46.2. The lowest BCUT2D eigenvalue weighted by atomic mass is 10.0. The fraction of sp³-hybridized carbons (Fsp3) is 0.415. The first-order chi connectivity index (χ1) is 63.3. The molecular weight excluding hydrogens is 1640 g/mol. The molecule has 4 fully saturated rings. The van der Waals surface area contributed by atoms with Crippen LogP contribution in [0.25, 0.3) is 86.3 Å². The lowest BCUT2D eigenvalue weighted by Gasteiger charge is -2.27. The number of fused-ring (bicyclic) bond motifs is 4. The number of Topliss-reactive ketones (excluding diaryl/α,β-unsaturated/α-hetero) is 5. The number of carbonyl (C=O) groups is 6. The number of ether oxygens (including phenoxy) is 1. The lowest BCUT2D eigenvalue weighted by Crippen LogP contribution is -2.38. The standard InChI is InChI=1S/C30H37N5O2.C30H36N4O3.C23H23FN4O.C23H24N4O/c1-6-34(7-2)28(37)16-11-23-19-26-30(32-21(23)3)29(27(36)20-33-17-9-8-10-18-33)22(4)35(26)25-14-12-24(31-5)13-15-25;1-21(37-4)8-14-26(35)15-9-23-18-27-30(32-19-23)29(28(36)20-33-16-6-5-7-17-33)22(2)34(27)25-12-10-24(31-3)11-13-25;1-15-12-20-23(26-13-15)22(21(29)14-27-10-8-17(24)9-11-27)16(2)28(20)19-6-4-18(25-3)5-7-19;1-16-13-20-23(25-14-16)22(21(28)15-26-11-5-4-6-12-26)17(2)27(20)19-9-7-18(24-3)8-10-19/h12-15,19H,6-11,16-18,20H2,1-4H3;10-13,18-19,21H,5-9,14-17,20H2,1-2,4H3;4-7,12-13,17H,8-11,14H2,1-2H3;7-10,13-14H,4-6,11-12,15H2,1-2H3. The number of likely N-dealkylation sites (tertiary alicyclic amines) is 4. The molecule has 8 aromatic heterocycles. The second kappa shape index (κ2) is 44.6. The Kier molecular flexibility index (Phi) is 32.6. The largest absolute Gasteiger partial charge is 0.382 e. The van der Waals surface area contributed by atoms with Gasteiger partial charge >= 0.3 is 0 Å². The molecule has 0 saturated carbocycles. The van der Waals surface area contributed by atoms with Crippen molar-refractivity contribution in [2.24, 2.45) is 0 Å². The summed E-state index contributed by atoms with van der Waals surface area (Å²) in [7, 11) is 1.66. The molecule has 0 aliphatic carbocycles. The van der Waals surface area contributed by atoms with E-state index in [0.29, 0.717) is 147 Å². The van der Waals surface area contributed by atoms with E-state index in [0.717, 1.165) is 178 Å². The summed E-state index contributed by atoms with van der Waals surface area (Å²) in [6.45, 7) is 58.6. The van der Waals surface area contributed by atoms with Crippen molar-refractivity contribution in [1.29, 1.82) is 0 Å². The van der Waals surface area contributed by atoms with Crippen molar-refractivity contribution in [3.05, 3.63) is 259 Å².